The van der Waals surface area contributed by atoms with Crippen LogP contribution in [0.15, 0.2) is 12.2 Å². The maximum absolute atomic E-state index is 13.7. The maximum atomic E-state index is 13.7. The Balaban J connectivity index is 5.07. The smallest absolute Gasteiger partial charge is 0.305 e. The van der Waals surface area contributed by atoms with Gasteiger partial charge in [-0.05, 0) is 84.3 Å². The number of hydrogen-bond donors (Lipinski definition) is 0. The van der Waals surface area contributed by atoms with Crippen LogP contribution in [-0.2, 0) is 19.2 Å². The molecule has 6 heteroatoms. The number of ether oxygens (including phenoxy) is 1. The molecule has 0 rings (SSSR count). The van der Waals surface area contributed by atoms with Crippen molar-refractivity contribution >= 4 is 11.9 Å². The second-order valence-electron chi connectivity index (χ2n) is 17.4. The van der Waals surface area contributed by atoms with Gasteiger partial charge in [-0.1, -0.05) is 194 Å². The van der Waals surface area contributed by atoms with Crippen molar-refractivity contribution in [2.24, 2.45) is 5.92 Å². The summed E-state index contributed by atoms with van der Waals surface area (Å²) >= 11 is 0. The number of unbranched alkanes of at least 4 members (excludes halogenated alkanes) is 21. The highest BCUT2D eigenvalue weighted by atomic mass is 16.7. The number of carbonyl (C=O) groups excluding carboxylic acids is 2. The number of amides is 1. The van der Waals surface area contributed by atoms with Crippen LogP contribution in [0.1, 0.15) is 252 Å². The molecule has 1 unspecified atom stereocenters. The zero-order chi connectivity index (χ0) is 41.2. The van der Waals surface area contributed by atoms with Gasteiger partial charge in [0.2, 0.25) is 5.91 Å². The number of allylic oxidation sites excluding steroid dienone is 1. The molecule has 0 bridgehead atoms. The summed E-state index contributed by atoms with van der Waals surface area (Å²) in [7, 11) is 4.19. The minimum Gasteiger partial charge on any atom is -0.466 e. The third kappa shape index (κ3) is 36.9. The minimum atomic E-state index is -0.0252. The number of rotatable bonds is 44. The SMILES string of the molecule is CCCCCC/C=C\CCON(C(=O)CCCCN(C)C)C(CCCCCCCCCC)CCCCCCC(=O)OCCC(CCCCCC)CCCCCC. The predicted octanol–water partition coefficient (Wildman–Crippen LogP) is 15.1. The van der Waals surface area contributed by atoms with E-state index in [1.165, 1.54) is 135 Å². The van der Waals surface area contributed by atoms with E-state index in [4.69, 9.17) is 9.57 Å². The summed E-state index contributed by atoms with van der Waals surface area (Å²) in [6.07, 6.45) is 45.1. The van der Waals surface area contributed by atoms with E-state index in [0.717, 1.165) is 83.6 Å². The molecule has 0 saturated heterocycles. The molecule has 0 aromatic rings. The van der Waals surface area contributed by atoms with Gasteiger partial charge in [0.25, 0.3) is 0 Å². The average molecular weight is 791 g/mol. The van der Waals surface area contributed by atoms with Crippen LogP contribution >= 0.6 is 0 Å². The lowest BCUT2D eigenvalue weighted by molar-refractivity contribution is -0.202. The van der Waals surface area contributed by atoms with E-state index < -0.39 is 0 Å². The first-order valence-electron chi connectivity index (χ1n) is 24.8. The largest absolute Gasteiger partial charge is 0.466 e. The van der Waals surface area contributed by atoms with Gasteiger partial charge in [-0.15, -0.1) is 0 Å². The van der Waals surface area contributed by atoms with Gasteiger partial charge < -0.3 is 9.64 Å². The molecule has 0 aromatic heterocycles. The van der Waals surface area contributed by atoms with E-state index in [-0.39, 0.29) is 17.9 Å². The van der Waals surface area contributed by atoms with Gasteiger partial charge in [0.1, 0.15) is 0 Å². The second-order valence-corrected chi connectivity index (χ2v) is 17.4. The van der Waals surface area contributed by atoms with Crippen LogP contribution in [0, 0.1) is 5.92 Å². The van der Waals surface area contributed by atoms with Crippen LogP contribution in [-0.4, -0.2) is 61.7 Å². The number of nitrogens with zero attached hydrogens (tertiary/aromatic N) is 2. The lowest BCUT2D eigenvalue weighted by Gasteiger charge is -2.31. The molecular formula is C50H98N2O4. The fraction of sp³-hybridized carbons (Fsp3) is 0.920. The lowest BCUT2D eigenvalue weighted by Crippen LogP contribution is -2.40. The fourth-order valence-electron chi connectivity index (χ4n) is 7.80. The van der Waals surface area contributed by atoms with Crippen molar-refractivity contribution in [2.75, 3.05) is 33.9 Å². The Morgan fingerprint density at radius 1 is 0.482 bits per heavy atom. The molecule has 0 N–H and O–H groups in total. The van der Waals surface area contributed by atoms with Crippen LogP contribution in [0.5, 0.6) is 0 Å². The zero-order valence-corrected chi connectivity index (χ0v) is 38.7. The summed E-state index contributed by atoms with van der Waals surface area (Å²) < 4.78 is 5.75. The molecule has 0 heterocycles. The number of hydrogen-bond acceptors (Lipinski definition) is 5. The first-order valence-corrected chi connectivity index (χ1v) is 24.8. The van der Waals surface area contributed by atoms with Crippen LogP contribution in [0.3, 0.4) is 0 Å². The van der Waals surface area contributed by atoms with E-state index in [1.54, 1.807) is 0 Å². The third-order valence-corrected chi connectivity index (χ3v) is 11.5. The Hall–Kier alpha value is -1.40. The quantitative estimate of drug-likeness (QED) is 0.0266. The van der Waals surface area contributed by atoms with Gasteiger partial charge in [-0.3, -0.25) is 14.4 Å². The molecule has 6 nitrogen and oxygen atoms in total. The van der Waals surface area contributed by atoms with Gasteiger partial charge in [-0.25, -0.2) is 5.06 Å². The monoisotopic (exact) mass is 791 g/mol. The van der Waals surface area contributed by atoms with E-state index in [2.05, 4.69) is 58.8 Å². The Morgan fingerprint density at radius 2 is 0.946 bits per heavy atom. The van der Waals surface area contributed by atoms with Gasteiger partial charge in [-0.2, -0.15) is 0 Å². The molecule has 0 spiro atoms. The van der Waals surface area contributed by atoms with E-state index >= 15 is 0 Å². The molecular weight excluding hydrogens is 693 g/mol. The third-order valence-electron chi connectivity index (χ3n) is 11.5. The molecule has 0 aliphatic heterocycles. The summed E-state index contributed by atoms with van der Waals surface area (Å²) in [5, 5.41) is 1.82. The molecule has 56 heavy (non-hydrogen) atoms. The highest BCUT2D eigenvalue weighted by Crippen LogP contribution is 2.23. The summed E-state index contributed by atoms with van der Waals surface area (Å²) in [5.74, 6) is 0.826. The second kappa shape index (κ2) is 43.2. The first-order chi connectivity index (χ1) is 27.4. The molecule has 1 atom stereocenters. The van der Waals surface area contributed by atoms with Gasteiger partial charge in [0, 0.05) is 12.8 Å². The van der Waals surface area contributed by atoms with Gasteiger partial charge in [0.05, 0.1) is 19.3 Å². The molecule has 0 fully saturated rings. The van der Waals surface area contributed by atoms with Crippen molar-refractivity contribution in [3.63, 3.8) is 0 Å². The highest BCUT2D eigenvalue weighted by Gasteiger charge is 2.24. The molecule has 0 aliphatic rings. The standard InChI is InChI=1S/C50H98N2O4/c1-7-11-15-19-21-23-25-31-39-48(52(49(53)41-34-35-44-51(5)6)56-45-36-28-24-22-20-16-12-8-2)40-32-26-27-33-42-50(54)55-46-43-47(37-29-17-13-9-3)38-30-18-14-10-4/h24,28,47-48H,7-23,25-27,29-46H2,1-6H3/b28-24-. The van der Waals surface area contributed by atoms with Crippen LogP contribution < -0.4 is 0 Å². The molecule has 0 saturated carbocycles. The minimum absolute atomic E-state index is 0.0252. The summed E-state index contributed by atoms with van der Waals surface area (Å²) in [5.41, 5.74) is 0. The molecule has 0 aliphatic carbocycles. The number of esters is 1. The molecule has 332 valence electrons. The lowest BCUT2D eigenvalue weighted by atomic mass is 9.92. The number of hydroxylamine groups is 2. The summed E-state index contributed by atoms with van der Waals surface area (Å²) in [4.78, 5) is 35.0. The first kappa shape index (κ1) is 54.6. The van der Waals surface area contributed by atoms with Crippen molar-refractivity contribution in [1.29, 1.82) is 0 Å². The van der Waals surface area contributed by atoms with Crippen molar-refractivity contribution < 1.29 is 19.2 Å². The van der Waals surface area contributed by atoms with Crippen LogP contribution in [0.4, 0.5) is 0 Å². The van der Waals surface area contributed by atoms with E-state index in [9.17, 15) is 9.59 Å². The average Bonchev–Trinajstić information content (AvgIpc) is 3.18. The van der Waals surface area contributed by atoms with Gasteiger partial charge >= 0.3 is 5.97 Å². The fourth-order valence-corrected chi connectivity index (χ4v) is 7.80. The van der Waals surface area contributed by atoms with Crippen LogP contribution in [0.25, 0.3) is 0 Å². The summed E-state index contributed by atoms with van der Waals surface area (Å²) in [6.45, 7) is 11.2. The van der Waals surface area contributed by atoms with Crippen molar-refractivity contribution in [2.45, 2.75) is 258 Å². The Kier molecular flexibility index (Phi) is 42.1. The number of carbonyl (C=O) groups is 2. The normalized spacial score (nSPS) is 12.4. The van der Waals surface area contributed by atoms with E-state index in [0.29, 0.717) is 32.0 Å². The molecule has 1 amide bonds. The van der Waals surface area contributed by atoms with Crippen molar-refractivity contribution in [1.82, 2.24) is 9.96 Å². The molecule has 0 radical (unpaired) electrons. The van der Waals surface area contributed by atoms with Crippen molar-refractivity contribution in [3.05, 3.63) is 12.2 Å². The topological polar surface area (TPSA) is 59.1 Å². The molecule has 0 aromatic carbocycles. The predicted molar refractivity (Wildman–Crippen MR) is 243 cm³/mol. The Morgan fingerprint density at radius 3 is 1.52 bits per heavy atom. The highest BCUT2D eigenvalue weighted by molar-refractivity contribution is 5.75. The summed E-state index contributed by atoms with van der Waals surface area (Å²) in [6, 6.07) is 0.122. The Bertz CT molecular complexity index is 850. The van der Waals surface area contributed by atoms with E-state index in [1.807, 2.05) is 5.06 Å². The van der Waals surface area contributed by atoms with Gasteiger partial charge in [0.15, 0.2) is 0 Å². The Labute approximate surface area is 350 Å². The zero-order valence-electron chi connectivity index (χ0n) is 38.7. The van der Waals surface area contributed by atoms with Crippen LogP contribution in [0.2, 0.25) is 0 Å². The van der Waals surface area contributed by atoms with Crippen molar-refractivity contribution in [3.8, 4) is 0 Å². The maximum Gasteiger partial charge on any atom is 0.305 e.